The average Bonchev–Trinajstić information content (AvgIpc) is 2.60. The minimum Gasteiger partial charge on any atom is -0.364 e. The van der Waals surface area contributed by atoms with Gasteiger partial charge in [0.15, 0.2) is 0 Å². The van der Waals surface area contributed by atoms with E-state index in [4.69, 9.17) is 5.73 Å². The molecule has 1 aromatic heterocycles. The number of benzene rings is 1. The first-order valence-corrected chi connectivity index (χ1v) is 5.12. The fraction of sp³-hybridized carbons (Fsp3) is 0.167. The molecule has 1 amide bonds. The van der Waals surface area contributed by atoms with Crippen molar-refractivity contribution in [1.82, 2.24) is 9.78 Å². The Labute approximate surface area is 97.9 Å². The maximum atomic E-state index is 13.8. The fourth-order valence-corrected chi connectivity index (χ4v) is 1.74. The summed E-state index contributed by atoms with van der Waals surface area (Å²) in [5, 5.41) is 4.10. The van der Waals surface area contributed by atoms with Crippen LogP contribution in [0.25, 0.3) is 5.69 Å². The molecule has 1 heterocycles. The van der Waals surface area contributed by atoms with Crippen molar-refractivity contribution in [2.45, 2.75) is 13.8 Å². The summed E-state index contributed by atoms with van der Waals surface area (Å²) < 4.78 is 15.0. The number of aryl methyl sites for hydroxylation is 2. The second-order valence-electron chi connectivity index (χ2n) is 3.85. The van der Waals surface area contributed by atoms with Crippen molar-refractivity contribution < 1.29 is 9.18 Å². The van der Waals surface area contributed by atoms with Crippen molar-refractivity contribution >= 4 is 5.91 Å². The highest BCUT2D eigenvalue weighted by atomic mass is 19.1. The Hall–Kier alpha value is -2.17. The van der Waals surface area contributed by atoms with E-state index < -0.39 is 11.7 Å². The standard InChI is InChI=1S/C12H12FN3O/c1-7-4-3-5-9(13)11(7)16-10(12(14)17)6-8(2)15-16/h3-6H,1-2H3,(H2,14,17). The van der Waals surface area contributed by atoms with Gasteiger partial charge in [0.25, 0.3) is 5.91 Å². The molecule has 0 spiro atoms. The van der Waals surface area contributed by atoms with Crippen LogP contribution in [0.15, 0.2) is 24.3 Å². The van der Waals surface area contributed by atoms with Gasteiger partial charge in [-0.25, -0.2) is 9.07 Å². The lowest BCUT2D eigenvalue weighted by Gasteiger charge is -2.09. The molecule has 0 atom stereocenters. The molecule has 0 fully saturated rings. The molecule has 0 unspecified atom stereocenters. The van der Waals surface area contributed by atoms with Crippen molar-refractivity contribution in [3.63, 3.8) is 0 Å². The molecule has 0 aliphatic heterocycles. The van der Waals surface area contributed by atoms with Gasteiger partial charge in [-0.1, -0.05) is 12.1 Å². The monoisotopic (exact) mass is 233 g/mol. The Morgan fingerprint density at radius 2 is 2.12 bits per heavy atom. The van der Waals surface area contributed by atoms with Crippen LogP contribution in [0.1, 0.15) is 21.7 Å². The second-order valence-corrected chi connectivity index (χ2v) is 3.85. The molecular weight excluding hydrogens is 221 g/mol. The third-order valence-electron chi connectivity index (χ3n) is 2.48. The van der Waals surface area contributed by atoms with Gasteiger partial charge in [0.2, 0.25) is 0 Å². The zero-order valence-corrected chi connectivity index (χ0v) is 9.57. The molecule has 0 aliphatic rings. The van der Waals surface area contributed by atoms with Gasteiger partial charge < -0.3 is 5.73 Å². The van der Waals surface area contributed by atoms with Gasteiger partial charge in [-0.15, -0.1) is 0 Å². The number of hydrogen-bond donors (Lipinski definition) is 1. The van der Waals surface area contributed by atoms with Gasteiger partial charge in [-0.2, -0.15) is 5.10 Å². The summed E-state index contributed by atoms with van der Waals surface area (Å²) in [6, 6.07) is 6.22. The van der Waals surface area contributed by atoms with Crippen LogP contribution in [0.3, 0.4) is 0 Å². The molecule has 0 bridgehead atoms. The SMILES string of the molecule is Cc1cc(C(N)=O)n(-c2c(C)cccc2F)n1. The predicted molar refractivity (Wildman–Crippen MR) is 61.5 cm³/mol. The largest absolute Gasteiger partial charge is 0.364 e. The van der Waals surface area contributed by atoms with E-state index in [9.17, 15) is 9.18 Å². The number of primary amides is 1. The molecular formula is C12H12FN3O. The van der Waals surface area contributed by atoms with E-state index >= 15 is 0 Å². The summed E-state index contributed by atoms with van der Waals surface area (Å²) in [6.45, 7) is 3.47. The van der Waals surface area contributed by atoms with E-state index in [0.29, 0.717) is 11.3 Å². The summed E-state index contributed by atoms with van der Waals surface area (Å²) in [6.07, 6.45) is 0. The molecule has 4 nitrogen and oxygen atoms in total. The van der Waals surface area contributed by atoms with Gasteiger partial charge >= 0.3 is 0 Å². The Balaban J connectivity index is 2.72. The first-order chi connectivity index (χ1) is 8.00. The number of amides is 1. The van der Waals surface area contributed by atoms with E-state index in [-0.39, 0.29) is 11.4 Å². The summed E-state index contributed by atoms with van der Waals surface area (Å²) in [5.41, 5.74) is 6.98. The van der Waals surface area contributed by atoms with Gasteiger partial charge in [0, 0.05) is 0 Å². The van der Waals surface area contributed by atoms with Crippen molar-refractivity contribution in [3.8, 4) is 5.69 Å². The maximum Gasteiger partial charge on any atom is 0.267 e. The summed E-state index contributed by atoms with van der Waals surface area (Å²) >= 11 is 0. The van der Waals surface area contributed by atoms with Crippen LogP contribution in [0, 0.1) is 19.7 Å². The Bertz CT molecular complexity index is 569. The van der Waals surface area contributed by atoms with Gasteiger partial charge in [-0.3, -0.25) is 4.79 Å². The molecule has 1 aromatic carbocycles. The molecule has 88 valence electrons. The Kier molecular flexibility index (Phi) is 2.67. The predicted octanol–water partition coefficient (Wildman–Crippen LogP) is 1.73. The molecule has 0 radical (unpaired) electrons. The average molecular weight is 233 g/mol. The minimum atomic E-state index is -0.631. The molecule has 0 aliphatic carbocycles. The third-order valence-corrected chi connectivity index (χ3v) is 2.48. The molecule has 0 saturated heterocycles. The van der Waals surface area contributed by atoms with Crippen LogP contribution in [0.4, 0.5) is 4.39 Å². The van der Waals surface area contributed by atoms with E-state index in [1.165, 1.54) is 16.8 Å². The number of aromatic nitrogens is 2. The lowest BCUT2D eigenvalue weighted by atomic mass is 10.2. The zero-order chi connectivity index (χ0) is 12.6. The number of carbonyl (C=O) groups excluding carboxylic acids is 1. The van der Waals surface area contributed by atoms with Crippen molar-refractivity contribution in [1.29, 1.82) is 0 Å². The number of para-hydroxylation sites is 1. The highest BCUT2D eigenvalue weighted by Gasteiger charge is 2.16. The van der Waals surface area contributed by atoms with Crippen LogP contribution < -0.4 is 5.73 Å². The highest BCUT2D eigenvalue weighted by Crippen LogP contribution is 2.19. The zero-order valence-electron chi connectivity index (χ0n) is 9.57. The van der Waals surface area contributed by atoms with E-state index in [1.807, 2.05) is 0 Å². The fourth-order valence-electron chi connectivity index (χ4n) is 1.74. The number of halogens is 1. The van der Waals surface area contributed by atoms with E-state index in [0.717, 1.165) is 0 Å². The first kappa shape index (κ1) is 11.3. The second kappa shape index (κ2) is 4.01. The molecule has 2 rings (SSSR count). The minimum absolute atomic E-state index is 0.177. The lowest BCUT2D eigenvalue weighted by molar-refractivity contribution is 0.0993. The molecule has 5 heteroatoms. The molecule has 2 aromatic rings. The van der Waals surface area contributed by atoms with Gasteiger partial charge in [-0.05, 0) is 31.5 Å². The van der Waals surface area contributed by atoms with Gasteiger partial charge in [0.05, 0.1) is 5.69 Å². The number of hydrogen-bond acceptors (Lipinski definition) is 2. The van der Waals surface area contributed by atoms with Crippen LogP contribution >= 0.6 is 0 Å². The number of rotatable bonds is 2. The Morgan fingerprint density at radius 1 is 1.41 bits per heavy atom. The molecule has 2 N–H and O–H groups in total. The summed E-state index contributed by atoms with van der Waals surface area (Å²) in [4.78, 5) is 11.3. The number of nitrogens with zero attached hydrogens (tertiary/aromatic N) is 2. The third kappa shape index (κ3) is 1.91. The quantitative estimate of drug-likeness (QED) is 0.858. The highest BCUT2D eigenvalue weighted by molar-refractivity contribution is 5.91. The van der Waals surface area contributed by atoms with Crippen LogP contribution in [-0.4, -0.2) is 15.7 Å². The lowest BCUT2D eigenvalue weighted by Crippen LogP contribution is -2.17. The number of carbonyl (C=O) groups is 1. The van der Waals surface area contributed by atoms with E-state index in [1.54, 1.807) is 26.0 Å². The normalized spacial score (nSPS) is 10.5. The Morgan fingerprint density at radius 3 is 2.71 bits per heavy atom. The van der Waals surface area contributed by atoms with Gasteiger partial charge in [0.1, 0.15) is 17.2 Å². The van der Waals surface area contributed by atoms with Crippen LogP contribution in [-0.2, 0) is 0 Å². The number of nitrogens with two attached hydrogens (primary N) is 1. The first-order valence-electron chi connectivity index (χ1n) is 5.12. The molecule has 17 heavy (non-hydrogen) atoms. The van der Waals surface area contributed by atoms with Crippen molar-refractivity contribution in [3.05, 3.63) is 47.0 Å². The van der Waals surface area contributed by atoms with Crippen molar-refractivity contribution in [2.24, 2.45) is 5.73 Å². The molecule has 0 saturated carbocycles. The van der Waals surface area contributed by atoms with Crippen molar-refractivity contribution in [2.75, 3.05) is 0 Å². The summed E-state index contributed by atoms with van der Waals surface area (Å²) in [5.74, 6) is -1.07. The van der Waals surface area contributed by atoms with Crippen LogP contribution in [0.5, 0.6) is 0 Å². The van der Waals surface area contributed by atoms with Crippen LogP contribution in [0.2, 0.25) is 0 Å². The topological polar surface area (TPSA) is 60.9 Å². The van der Waals surface area contributed by atoms with E-state index in [2.05, 4.69) is 5.10 Å². The summed E-state index contributed by atoms with van der Waals surface area (Å²) in [7, 11) is 0. The smallest absolute Gasteiger partial charge is 0.267 e. The maximum absolute atomic E-state index is 13.8.